The second-order valence-electron chi connectivity index (χ2n) is 7.36. The Labute approximate surface area is 167 Å². The topological polar surface area (TPSA) is 40.6 Å². The Morgan fingerprint density at radius 2 is 1.57 bits per heavy atom. The molecule has 0 saturated carbocycles. The van der Waals surface area contributed by atoms with E-state index in [1.807, 2.05) is 46.2 Å². The third-order valence-electron chi connectivity index (χ3n) is 5.32. The van der Waals surface area contributed by atoms with E-state index in [9.17, 15) is 9.59 Å². The largest absolute Gasteiger partial charge is 0.336 e. The van der Waals surface area contributed by atoms with Crippen LogP contribution in [0.5, 0.6) is 0 Å². The van der Waals surface area contributed by atoms with Crippen molar-refractivity contribution in [3.8, 4) is 0 Å². The Morgan fingerprint density at radius 3 is 2.18 bits per heavy atom. The van der Waals surface area contributed by atoms with Gasteiger partial charge in [0.05, 0.1) is 0 Å². The molecule has 1 aliphatic heterocycles. The van der Waals surface area contributed by atoms with Crippen LogP contribution in [0, 0.1) is 13.8 Å². The summed E-state index contributed by atoms with van der Waals surface area (Å²) in [6, 6.07) is 14.0. The van der Waals surface area contributed by atoms with E-state index >= 15 is 0 Å². The number of rotatable bonds is 4. The molecular formula is C24H28N2O2. The number of aryl methyl sites for hydroxylation is 3. The number of hydrogen-bond acceptors (Lipinski definition) is 2. The van der Waals surface area contributed by atoms with Gasteiger partial charge in [-0.25, -0.2) is 0 Å². The molecule has 1 aliphatic rings. The molecule has 0 N–H and O–H groups in total. The molecule has 0 bridgehead atoms. The van der Waals surface area contributed by atoms with Crippen LogP contribution in [-0.4, -0.2) is 47.8 Å². The van der Waals surface area contributed by atoms with Crippen molar-refractivity contribution in [2.24, 2.45) is 0 Å². The fraction of sp³-hybridized carbons (Fsp3) is 0.333. The Balaban J connectivity index is 1.56. The maximum atomic E-state index is 12.7. The lowest BCUT2D eigenvalue weighted by Crippen LogP contribution is -2.50. The molecule has 28 heavy (non-hydrogen) atoms. The molecule has 4 nitrogen and oxygen atoms in total. The molecule has 0 radical (unpaired) electrons. The van der Waals surface area contributed by atoms with Crippen molar-refractivity contribution in [1.82, 2.24) is 9.80 Å². The summed E-state index contributed by atoms with van der Waals surface area (Å²) in [4.78, 5) is 28.8. The highest BCUT2D eigenvalue weighted by molar-refractivity contribution is 5.95. The minimum Gasteiger partial charge on any atom is -0.336 e. The van der Waals surface area contributed by atoms with Crippen molar-refractivity contribution in [1.29, 1.82) is 0 Å². The van der Waals surface area contributed by atoms with E-state index in [1.165, 1.54) is 11.1 Å². The van der Waals surface area contributed by atoms with Gasteiger partial charge in [-0.1, -0.05) is 42.8 Å². The first kappa shape index (κ1) is 19.9. The quantitative estimate of drug-likeness (QED) is 0.760. The molecule has 2 amide bonds. The van der Waals surface area contributed by atoms with E-state index in [1.54, 1.807) is 6.08 Å². The third kappa shape index (κ3) is 4.69. The number of nitrogens with zero attached hydrogens (tertiary/aromatic N) is 2. The van der Waals surface area contributed by atoms with Gasteiger partial charge >= 0.3 is 0 Å². The van der Waals surface area contributed by atoms with Crippen LogP contribution in [0.25, 0.3) is 6.08 Å². The van der Waals surface area contributed by atoms with Crippen molar-refractivity contribution in [2.75, 3.05) is 26.2 Å². The zero-order valence-electron chi connectivity index (χ0n) is 16.9. The Hall–Kier alpha value is -2.88. The first-order valence-electron chi connectivity index (χ1n) is 9.90. The molecule has 4 heteroatoms. The normalized spacial score (nSPS) is 14.5. The van der Waals surface area contributed by atoms with Gasteiger partial charge in [-0.15, -0.1) is 0 Å². The molecule has 3 rings (SSSR count). The maximum Gasteiger partial charge on any atom is 0.253 e. The fourth-order valence-electron chi connectivity index (χ4n) is 3.47. The summed E-state index contributed by atoms with van der Waals surface area (Å²) < 4.78 is 0. The fourth-order valence-corrected chi connectivity index (χ4v) is 3.47. The SMILES string of the molecule is CCc1ccc(C(=O)N2CCN(C(=O)/C=C/c3ccc(C)cc3C)CC2)cc1. The molecule has 0 aromatic heterocycles. The van der Waals surface area contributed by atoms with Crippen molar-refractivity contribution >= 4 is 17.9 Å². The number of piperazine rings is 1. The summed E-state index contributed by atoms with van der Waals surface area (Å²) in [5.74, 6) is 0.0416. The predicted octanol–water partition coefficient (Wildman–Crippen LogP) is 3.86. The molecular weight excluding hydrogens is 348 g/mol. The van der Waals surface area contributed by atoms with E-state index < -0.39 is 0 Å². The van der Waals surface area contributed by atoms with Crippen LogP contribution >= 0.6 is 0 Å². The summed E-state index contributed by atoms with van der Waals surface area (Å²) in [7, 11) is 0. The van der Waals surface area contributed by atoms with Crippen molar-refractivity contribution in [3.05, 3.63) is 76.4 Å². The zero-order chi connectivity index (χ0) is 20.1. The van der Waals surface area contributed by atoms with Crippen LogP contribution in [0.1, 0.15) is 39.5 Å². The average Bonchev–Trinajstić information content (AvgIpc) is 2.72. The van der Waals surface area contributed by atoms with Gasteiger partial charge in [-0.3, -0.25) is 9.59 Å². The third-order valence-corrected chi connectivity index (χ3v) is 5.32. The summed E-state index contributed by atoms with van der Waals surface area (Å²) in [5, 5.41) is 0. The van der Waals surface area contributed by atoms with E-state index in [0.717, 1.165) is 17.5 Å². The molecule has 0 unspecified atom stereocenters. The van der Waals surface area contributed by atoms with Gasteiger partial charge in [0.15, 0.2) is 0 Å². The number of carbonyl (C=O) groups excluding carboxylic acids is 2. The Morgan fingerprint density at radius 1 is 0.929 bits per heavy atom. The highest BCUT2D eigenvalue weighted by Crippen LogP contribution is 2.14. The number of amides is 2. The first-order valence-corrected chi connectivity index (χ1v) is 9.90. The van der Waals surface area contributed by atoms with Gasteiger partial charge in [0, 0.05) is 37.8 Å². The van der Waals surface area contributed by atoms with Crippen LogP contribution in [0.2, 0.25) is 0 Å². The summed E-state index contributed by atoms with van der Waals surface area (Å²) in [5.41, 5.74) is 5.37. The lowest BCUT2D eigenvalue weighted by atomic mass is 10.1. The number of carbonyl (C=O) groups is 2. The van der Waals surface area contributed by atoms with Crippen molar-refractivity contribution < 1.29 is 9.59 Å². The van der Waals surface area contributed by atoms with E-state index in [4.69, 9.17) is 0 Å². The van der Waals surface area contributed by atoms with Crippen molar-refractivity contribution in [3.63, 3.8) is 0 Å². The molecule has 1 heterocycles. The van der Waals surface area contributed by atoms with Gasteiger partial charge in [-0.2, -0.15) is 0 Å². The molecule has 1 fully saturated rings. The first-order chi connectivity index (χ1) is 13.5. The second-order valence-corrected chi connectivity index (χ2v) is 7.36. The van der Waals surface area contributed by atoms with Gasteiger partial charge in [0.2, 0.25) is 5.91 Å². The van der Waals surface area contributed by atoms with Crippen LogP contribution in [0.3, 0.4) is 0 Å². The molecule has 0 aliphatic carbocycles. The molecule has 0 spiro atoms. The van der Waals surface area contributed by atoms with E-state index in [-0.39, 0.29) is 11.8 Å². The second kappa shape index (κ2) is 8.87. The smallest absolute Gasteiger partial charge is 0.253 e. The summed E-state index contributed by atoms with van der Waals surface area (Å²) >= 11 is 0. The summed E-state index contributed by atoms with van der Waals surface area (Å²) in [6.45, 7) is 8.47. The monoisotopic (exact) mass is 376 g/mol. The minimum absolute atomic E-state index is 0.000581. The van der Waals surface area contributed by atoms with Crippen LogP contribution < -0.4 is 0 Å². The lowest BCUT2D eigenvalue weighted by molar-refractivity contribution is -0.127. The van der Waals surface area contributed by atoms with Gasteiger partial charge in [0.25, 0.3) is 5.91 Å². The average molecular weight is 377 g/mol. The number of benzene rings is 2. The molecule has 146 valence electrons. The van der Waals surface area contributed by atoms with Crippen LogP contribution in [-0.2, 0) is 11.2 Å². The maximum absolute atomic E-state index is 12.7. The van der Waals surface area contributed by atoms with Gasteiger partial charge in [-0.05, 0) is 55.2 Å². The highest BCUT2D eigenvalue weighted by atomic mass is 16.2. The lowest BCUT2D eigenvalue weighted by Gasteiger charge is -2.34. The summed E-state index contributed by atoms with van der Waals surface area (Å²) in [6.07, 6.45) is 4.48. The standard InChI is InChI=1S/C24H28N2O2/c1-4-20-6-9-22(10-7-20)24(28)26-15-13-25(14-16-26)23(27)12-11-21-8-5-18(2)17-19(21)3/h5-12,17H,4,13-16H2,1-3H3/b12-11+. The van der Waals surface area contributed by atoms with Crippen LogP contribution in [0.4, 0.5) is 0 Å². The van der Waals surface area contributed by atoms with E-state index in [2.05, 4.69) is 32.9 Å². The minimum atomic E-state index is -0.000581. The van der Waals surface area contributed by atoms with Gasteiger partial charge in [0.1, 0.15) is 0 Å². The predicted molar refractivity (Wildman–Crippen MR) is 113 cm³/mol. The van der Waals surface area contributed by atoms with Crippen molar-refractivity contribution in [2.45, 2.75) is 27.2 Å². The van der Waals surface area contributed by atoms with E-state index in [0.29, 0.717) is 31.7 Å². The molecule has 1 saturated heterocycles. The zero-order valence-corrected chi connectivity index (χ0v) is 16.9. The van der Waals surface area contributed by atoms with Crippen LogP contribution in [0.15, 0.2) is 48.5 Å². The Bertz CT molecular complexity index is 876. The number of hydrogen-bond donors (Lipinski definition) is 0. The van der Waals surface area contributed by atoms with Gasteiger partial charge < -0.3 is 9.80 Å². The Kier molecular flexibility index (Phi) is 6.30. The molecule has 2 aromatic rings. The highest BCUT2D eigenvalue weighted by Gasteiger charge is 2.23. The molecule has 0 atom stereocenters. The molecule has 2 aromatic carbocycles.